The molecule has 2 N–H and O–H groups in total. The summed E-state index contributed by atoms with van der Waals surface area (Å²) >= 11 is 5.28. The van der Waals surface area contributed by atoms with Crippen LogP contribution in [0.5, 0.6) is 0 Å². The van der Waals surface area contributed by atoms with Crippen LogP contribution in [0, 0.1) is 6.92 Å². The average molecular weight is 364 g/mol. The Morgan fingerprint density at radius 2 is 1.71 bits per heavy atom. The van der Waals surface area contributed by atoms with Crippen molar-refractivity contribution in [2.75, 3.05) is 19.4 Å². The predicted molar refractivity (Wildman–Crippen MR) is 102 cm³/mol. The molecule has 0 spiro atoms. The molecule has 0 aliphatic heterocycles. The molecule has 0 saturated heterocycles. The molecule has 0 unspecified atom stereocenters. The van der Waals surface area contributed by atoms with Gasteiger partial charge in [0.1, 0.15) is 0 Å². The van der Waals surface area contributed by atoms with Gasteiger partial charge >= 0.3 is 0 Å². The number of aryl methyl sites for hydroxylation is 1. The summed E-state index contributed by atoms with van der Waals surface area (Å²) in [6, 6.07) is 14.6. The number of benzene rings is 2. The van der Waals surface area contributed by atoms with Gasteiger partial charge in [-0.1, -0.05) is 24.3 Å². The Bertz CT molecular complexity index is 816. The molecule has 0 amide bonds. The molecule has 0 aliphatic carbocycles. The van der Waals surface area contributed by atoms with E-state index in [1.807, 2.05) is 18.2 Å². The maximum Gasteiger partial charge on any atom is 0.242 e. The Morgan fingerprint density at radius 3 is 2.29 bits per heavy atom. The van der Waals surface area contributed by atoms with E-state index in [0.717, 1.165) is 5.69 Å². The van der Waals surface area contributed by atoms with Crippen LogP contribution in [-0.4, -0.2) is 31.9 Å². The van der Waals surface area contributed by atoms with Crippen LogP contribution in [-0.2, 0) is 16.6 Å². The molecular formula is C17H21N3O2S2. The van der Waals surface area contributed by atoms with E-state index in [4.69, 9.17) is 12.2 Å². The third kappa shape index (κ3) is 4.53. The highest BCUT2D eigenvalue weighted by molar-refractivity contribution is 7.89. The Labute approximate surface area is 148 Å². The number of anilines is 1. The van der Waals surface area contributed by atoms with Crippen molar-refractivity contribution in [1.29, 1.82) is 0 Å². The second-order valence-electron chi connectivity index (χ2n) is 5.55. The minimum atomic E-state index is -3.42. The van der Waals surface area contributed by atoms with E-state index in [1.165, 1.54) is 29.5 Å². The Hall–Kier alpha value is -1.96. The van der Waals surface area contributed by atoms with Crippen molar-refractivity contribution in [3.63, 3.8) is 0 Å². The van der Waals surface area contributed by atoms with Crippen molar-refractivity contribution in [1.82, 2.24) is 9.62 Å². The lowest BCUT2D eigenvalue weighted by molar-refractivity contribution is 0.521. The van der Waals surface area contributed by atoms with Crippen LogP contribution in [0.3, 0.4) is 0 Å². The van der Waals surface area contributed by atoms with E-state index in [9.17, 15) is 8.42 Å². The van der Waals surface area contributed by atoms with Gasteiger partial charge in [-0.05, 0) is 54.5 Å². The normalized spacial score (nSPS) is 11.3. The highest BCUT2D eigenvalue weighted by atomic mass is 32.2. The number of sulfonamides is 1. The summed E-state index contributed by atoms with van der Waals surface area (Å²) in [6.07, 6.45) is 0. The largest absolute Gasteiger partial charge is 0.358 e. The Morgan fingerprint density at radius 1 is 1.08 bits per heavy atom. The first-order chi connectivity index (χ1) is 11.3. The van der Waals surface area contributed by atoms with Crippen LogP contribution < -0.4 is 10.6 Å². The number of hydrogen-bond acceptors (Lipinski definition) is 3. The molecule has 0 radical (unpaired) electrons. The predicted octanol–water partition coefficient (Wildman–Crippen LogP) is 2.73. The lowest BCUT2D eigenvalue weighted by Crippen LogP contribution is -2.28. The summed E-state index contributed by atoms with van der Waals surface area (Å²) in [5.74, 6) is 0. The Kier molecular flexibility index (Phi) is 5.93. The summed E-state index contributed by atoms with van der Waals surface area (Å²) < 4.78 is 25.2. The molecule has 5 nitrogen and oxygen atoms in total. The second kappa shape index (κ2) is 7.74. The molecule has 24 heavy (non-hydrogen) atoms. The van der Waals surface area contributed by atoms with Crippen molar-refractivity contribution in [2.45, 2.75) is 18.4 Å². The molecular weight excluding hydrogens is 342 g/mol. The van der Waals surface area contributed by atoms with Gasteiger partial charge in [0.2, 0.25) is 10.0 Å². The van der Waals surface area contributed by atoms with Crippen LogP contribution in [0.1, 0.15) is 11.1 Å². The van der Waals surface area contributed by atoms with Crippen LogP contribution in [0.25, 0.3) is 0 Å². The molecule has 0 aliphatic rings. The minimum Gasteiger partial charge on any atom is -0.358 e. The highest BCUT2D eigenvalue weighted by Gasteiger charge is 2.16. The zero-order valence-electron chi connectivity index (χ0n) is 13.9. The van der Waals surface area contributed by atoms with Gasteiger partial charge in [0.05, 0.1) is 4.90 Å². The van der Waals surface area contributed by atoms with Gasteiger partial charge in [0.25, 0.3) is 0 Å². The first kappa shape index (κ1) is 18.4. The molecule has 0 atom stereocenters. The van der Waals surface area contributed by atoms with Gasteiger partial charge in [-0.15, -0.1) is 0 Å². The second-order valence-corrected chi connectivity index (χ2v) is 8.11. The van der Waals surface area contributed by atoms with Gasteiger partial charge in [-0.25, -0.2) is 12.7 Å². The fraction of sp³-hybridized carbons (Fsp3) is 0.235. The van der Waals surface area contributed by atoms with E-state index in [2.05, 4.69) is 23.6 Å². The van der Waals surface area contributed by atoms with E-state index in [1.54, 1.807) is 24.3 Å². The number of nitrogens with zero attached hydrogens (tertiary/aromatic N) is 1. The monoisotopic (exact) mass is 363 g/mol. The summed E-state index contributed by atoms with van der Waals surface area (Å²) in [7, 11) is -0.404. The van der Waals surface area contributed by atoms with E-state index >= 15 is 0 Å². The lowest BCUT2D eigenvalue weighted by atomic mass is 10.1. The van der Waals surface area contributed by atoms with Crippen LogP contribution >= 0.6 is 12.2 Å². The number of rotatable bonds is 5. The van der Waals surface area contributed by atoms with Crippen molar-refractivity contribution in [3.05, 3.63) is 59.7 Å². The molecule has 0 aromatic heterocycles. The third-order valence-corrected chi connectivity index (χ3v) is 5.67. The highest BCUT2D eigenvalue weighted by Crippen LogP contribution is 2.16. The average Bonchev–Trinajstić information content (AvgIpc) is 2.54. The van der Waals surface area contributed by atoms with Crippen molar-refractivity contribution in [2.24, 2.45) is 0 Å². The first-order valence-corrected chi connectivity index (χ1v) is 9.27. The van der Waals surface area contributed by atoms with Crippen molar-refractivity contribution >= 4 is 33.0 Å². The Balaban J connectivity index is 1.96. The topological polar surface area (TPSA) is 61.4 Å². The van der Waals surface area contributed by atoms with Crippen LogP contribution in [0.4, 0.5) is 5.69 Å². The molecule has 2 rings (SSSR count). The van der Waals surface area contributed by atoms with E-state index in [0.29, 0.717) is 11.7 Å². The first-order valence-electron chi connectivity index (χ1n) is 7.42. The zero-order valence-corrected chi connectivity index (χ0v) is 15.5. The zero-order chi connectivity index (χ0) is 17.7. The van der Waals surface area contributed by atoms with Gasteiger partial charge in [-0.3, -0.25) is 0 Å². The van der Waals surface area contributed by atoms with Crippen molar-refractivity contribution < 1.29 is 8.42 Å². The number of hydrogen-bond donors (Lipinski definition) is 2. The fourth-order valence-corrected chi connectivity index (χ4v) is 3.17. The van der Waals surface area contributed by atoms with Gasteiger partial charge in [-0.2, -0.15) is 0 Å². The standard InChI is InChI=1S/C17H21N3O2S2/c1-13-6-4-5-7-14(13)12-18-17(23)19-15-8-10-16(11-9-15)24(21,22)20(2)3/h4-11H,12H2,1-3H3,(H2,18,19,23). The van der Waals surface area contributed by atoms with Crippen LogP contribution in [0.15, 0.2) is 53.4 Å². The van der Waals surface area contributed by atoms with E-state index in [-0.39, 0.29) is 4.90 Å². The molecule has 2 aromatic rings. The SMILES string of the molecule is Cc1ccccc1CNC(=S)Nc1ccc(S(=O)(=O)N(C)C)cc1. The molecule has 0 saturated carbocycles. The van der Waals surface area contributed by atoms with Gasteiger partial charge in [0, 0.05) is 26.3 Å². The quantitative estimate of drug-likeness (QED) is 0.800. The smallest absolute Gasteiger partial charge is 0.242 e. The van der Waals surface area contributed by atoms with Crippen LogP contribution in [0.2, 0.25) is 0 Å². The minimum absolute atomic E-state index is 0.247. The van der Waals surface area contributed by atoms with Gasteiger partial charge < -0.3 is 10.6 Å². The summed E-state index contributed by atoms with van der Waals surface area (Å²) in [6.45, 7) is 2.68. The van der Waals surface area contributed by atoms with Gasteiger partial charge in [0.15, 0.2) is 5.11 Å². The molecule has 0 bridgehead atoms. The number of nitrogens with one attached hydrogen (secondary N) is 2. The maximum absolute atomic E-state index is 12.0. The van der Waals surface area contributed by atoms with E-state index < -0.39 is 10.0 Å². The molecule has 7 heteroatoms. The summed E-state index contributed by atoms with van der Waals surface area (Å²) in [5, 5.41) is 6.68. The molecule has 128 valence electrons. The molecule has 0 heterocycles. The fourth-order valence-electron chi connectivity index (χ4n) is 2.08. The van der Waals surface area contributed by atoms with Crippen molar-refractivity contribution in [3.8, 4) is 0 Å². The molecule has 2 aromatic carbocycles. The summed E-state index contributed by atoms with van der Waals surface area (Å²) in [5.41, 5.74) is 3.11. The maximum atomic E-state index is 12.0. The third-order valence-electron chi connectivity index (χ3n) is 3.59. The lowest BCUT2D eigenvalue weighted by Gasteiger charge is -2.14. The molecule has 0 fully saturated rings. The number of thiocarbonyl (C=S) groups is 1. The summed E-state index contributed by atoms with van der Waals surface area (Å²) in [4.78, 5) is 0.247.